The molecule has 2 aliphatic rings. The van der Waals surface area contributed by atoms with Crippen LogP contribution in [0.1, 0.15) is 27.0 Å². The third kappa shape index (κ3) is 3.36. The van der Waals surface area contributed by atoms with E-state index in [0.29, 0.717) is 0 Å². The third-order valence-electron chi connectivity index (χ3n) is 4.91. The maximum absolute atomic E-state index is 13.2. The topological polar surface area (TPSA) is 166 Å². The number of ether oxygens (including phenoxy) is 1. The smallest absolute Gasteiger partial charge is 0.409 e. The Morgan fingerprint density at radius 2 is 2.29 bits per heavy atom. The second kappa shape index (κ2) is 7.21. The number of aliphatic hydroxyl groups is 1. The van der Waals surface area contributed by atoms with Gasteiger partial charge in [-0.25, -0.2) is 9.36 Å². The van der Waals surface area contributed by atoms with Crippen molar-refractivity contribution >= 4 is 19.5 Å². The van der Waals surface area contributed by atoms with Crippen LogP contribution in [-0.2, 0) is 23.1 Å². The van der Waals surface area contributed by atoms with E-state index in [-0.39, 0.29) is 19.0 Å². The number of aliphatic carboxylic acids is 1. The molecule has 2 fully saturated rings. The van der Waals surface area contributed by atoms with Gasteiger partial charge in [0.2, 0.25) is 0 Å². The van der Waals surface area contributed by atoms with Gasteiger partial charge in [-0.05, 0) is 19.9 Å². The van der Waals surface area contributed by atoms with Gasteiger partial charge in [0.15, 0.2) is 6.23 Å². The van der Waals surface area contributed by atoms with Crippen LogP contribution < -0.4 is 11.4 Å². The number of carboxylic acids is 1. The SMILES string of the molecule is CCN([C@@H](C)C(=O)O)P1(=O)OC[C@H]2O[C@@H](n3ccc(N)nc3=O)[C@](C)(O)[C@@H]2O1. The van der Waals surface area contributed by atoms with Crippen LogP contribution in [0.25, 0.3) is 0 Å². The van der Waals surface area contributed by atoms with E-state index in [4.69, 9.17) is 19.5 Å². The minimum absolute atomic E-state index is 0.0154. The summed E-state index contributed by atoms with van der Waals surface area (Å²) in [5.74, 6) is -1.18. The van der Waals surface area contributed by atoms with Gasteiger partial charge in [-0.15, -0.1) is 0 Å². The van der Waals surface area contributed by atoms with Crippen molar-refractivity contribution in [2.75, 3.05) is 18.9 Å². The van der Waals surface area contributed by atoms with Crippen molar-refractivity contribution in [2.24, 2.45) is 0 Å². The van der Waals surface area contributed by atoms with Crippen molar-refractivity contribution in [1.29, 1.82) is 0 Å². The normalized spacial score (nSPS) is 36.2. The lowest BCUT2D eigenvalue weighted by Crippen LogP contribution is -2.51. The number of nitrogen functional groups attached to an aromatic ring is 1. The van der Waals surface area contributed by atoms with E-state index < -0.39 is 49.5 Å². The lowest BCUT2D eigenvalue weighted by atomic mass is 9.96. The average Bonchev–Trinajstić information content (AvgIpc) is 2.86. The Bertz CT molecular complexity index is 874. The van der Waals surface area contributed by atoms with Crippen molar-refractivity contribution in [3.05, 3.63) is 22.7 Å². The Balaban J connectivity index is 1.92. The van der Waals surface area contributed by atoms with Crippen LogP contribution >= 0.6 is 7.75 Å². The number of likely N-dealkylation sites (N-methyl/N-ethyl adjacent to an activating group) is 1. The zero-order valence-electron chi connectivity index (χ0n) is 15.6. The first-order valence-corrected chi connectivity index (χ1v) is 10.2. The number of rotatable bonds is 5. The van der Waals surface area contributed by atoms with E-state index in [1.807, 2.05) is 0 Å². The molecule has 2 aliphatic heterocycles. The molecule has 3 heterocycles. The van der Waals surface area contributed by atoms with Gasteiger partial charge in [0.25, 0.3) is 0 Å². The molecule has 2 saturated heterocycles. The second-order valence-corrected chi connectivity index (χ2v) is 8.78. The van der Waals surface area contributed by atoms with Crippen molar-refractivity contribution in [3.8, 4) is 0 Å². The molecule has 28 heavy (non-hydrogen) atoms. The van der Waals surface area contributed by atoms with E-state index in [9.17, 15) is 24.4 Å². The lowest BCUT2D eigenvalue weighted by Gasteiger charge is -2.40. The molecule has 4 N–H and O–H groups in total. The highest BCUT2D eigenvalue weighted by Crippen LogP contribution is 2.60. The number of carbonyl (C=O) groups is 1. The van der Waals surface area contributed by atoms with Crippen molar-refractivity contribution in [3.63, 3.8) is 0 Å². The number of hydrogen-bond donors (Lipinski definition) is 3. The second-order valence-electron chi connectivity index (χ2n) is 6.86. The molecule has 0 amide bonds. The number of hydrogen-bond acceptors (Lipinski definition) is 9. The predicted molar refractivity (Wildman–Crippen MR) is 95.4 cm³/mol. The number of fused-ring (bicyclic) bond motifs is 1. The number of nitrogens with two attached hydrogens (primary N) is 1. The van der Waals surface area contributed by atoms with Crippen LogP contribution in [0.2, 0.25) is 0 Å². The van der Waals surface area contributed by atoms with Gasteiger partial charge < -0.3 is 20.7 Å². The lowest BCUT2D eigenvalue weighted by molar-refractivity contribution is -0.142. The van der Waals surface area contributed by atoms with Crippen molar-refractivity contribution in [2.45, 2.75) is 50.8 Å². The largest absolute Gasteiger partial charge is 0.480 e. The maximum atomic E-state index is 13.2. The third-order valence-corrected chi connectivity index (χ3v) is 7.14. The highest BCUT2D eigenvalue weighted by molar-refractivity contribution is 7.51. The molecule has 0 aromatic carbocycles. The summed E-state index contributed by atoms with van der Waals surface area (Å²) < 4.78 is 32.1. The Morgan fingerprint density at radius 3 is 2.86 bits per heavy atom. The molecule has 13 heteroatoms. The number of aromatic nitrogens is 2. The summed E-state index contributed by atoms with van der Waals surface area (Å²) >= 11 is 0. The Morgan fingerprint density at radius 1 is 1.61 bits per heavy atom. The van der Waals surface area contributed by atoms with E-state index in [1.54, 1.807) is 6.92 Å². The van der Waals surface area contributed by atoms with Crippen LogP contribution in [0.15, 0.2) is 17.1 Å². The van der Waals surface area contributed by atoms with Crippen LogP contribution in [0.5, 0.6) is 0 Å². The summed E-state index contributed by atoms with van der Waals surface area (Å²) in [7, 11) is -4.03. The number of nitrogens with zero attached hydrogens (tertiary/aromatic N) is 3. The van der Waals surface area contributed by atoms with E-state index >= 15 is 0 Å². The van der Waals surface area contributed by atoms with Crippen LogP contribution in [-0.4, -0.2) is 67.4 Å². The highest BCUT2D eigenvalue weighted by atomic mass is 31.2. The van der Waals surface area contributed by atoms with Gasteiger partial charge in [-0.2, -0.15) is 9.65 Å². The highest BCUT2D eigenvalue weighted by Gasteiger charge is 2.61. The quantitative estimate of drug-likeness (QED) is 0.542. The molecule has 1 aromatic heterocycles. The fraction of sp³-hybridized carbons (Fsp3) is 0.667. The molecule has 0 aliphatic carbocycles. The summed E-state index contributed by atoms with van der Waals surface area (Å²) in [6, 6.07) is 0.234. The van der Waals surface area contributed by atoms with Crippen molar-refractivity contribution < 1.29 is 33.4 Å². The summed E-state index contributed by atoms with van der Waals surface area (Å²) in [6.07, 6.45) is -1.82. The molecule has 1 unspecified atom stereocenters. The first-order chi connectivity index (χ1) is 13.0. The van der Waals surface area contributed by atoms with Gasteiger partial charge >= 0.3 is 19.4 Å². The molecule has 12 nitrogen and oxygen atoms in total. The maximum Gasteiger partial charge on any atom is 0.409 e. The van der Waals surface area contributed by atoms with Crippen LogP contribution in [0, 0.1) is 0 Å². The van der Waals surface area contributed by atoms with Gasteiger partial charge in [0, 0.05) is 12.7 Å². The monoisotopic (exact) mass is 418 g/mol. The molecule has 0 spiro atoms. The fourth-order valence-electron chi connectivity index (χ4n) is 3.41. The summed E-state index contributed by atoms with van der Waals surface area (Å²) in [5, 5.41) is 20.3. The molecular formula is C15H23N4O8P. The van der Waals surface area contributed by atoms with Gasteiger partial charge in [0.1, 0.15) is 29.7 Å². The Hall–Kier alpha value is -1.82. The molecule has 1 aromatic rings. The zero-order valence-corrected chi connectivity index (χ0v) is 16.5. The molecule has 0 radical (unpaired) electrons. The molecule has 0 bridgehead atoms. The number of anilines is 1. The zero-order chi connectivity index (χ0) is 20.9. The van der Waals surface area contributed by atoms with E-state index in [0.717, 1.165) is 9.24 Å². The van der Waals surface area contributed by atoms with E-state index in [2.05, 4.69) is 4.98 Å². The fourth-order valence-corrected chi connectivity index (χ4v) is 5.58. The first-order valence-electron chi connectivity index (χ1n) is 8.66. The summed E-state index contributed by atoms with van der Waals surface area (Å²) in [4.78, 5) is 27.1. The summed E-state index contributed by atoms with van der Waals surface area (Å²) in [6.45, 7) is 4.21. The standard InChI is InChI=1S/C15H23N4O8P/c1-4-19(8(2)12(20)21)28(24)25-7-9-11(27-28)15(3,23)13(26-9)18-6-5-10(16)17-14(18)22/h5-6,8-9,11,13,23H,4,7H2,1-3H3,(H,20,21)(H2,16,17,22)/t8-,9+,11+,13+,15+,28?/m0/s1. The summed E-state index contributed by atoms with van der Waals surface area (Å²) in [5.41, 5.74) is 2.97. The van der Waals surface area contributed by atoms with Gasteiger partial charge in [-0.3, -0.25) is 18.4 Å². The molecule has 0 saturated carbocycles. The molecule has 3 rings (SSSR count). The van der Waals surface area contributed by atoms with Gasteiger partial charge in [0.05, 0.1) is 6.61 Å². The van der Waals surface area contributed by atoms with Crippen molar-refractivity contribution in [1.82, 2.24) is 14.2 Å². The van der Waals surface area contributed by atoms with Gasteiger partial charge in [-0.1, -0.05) is 6.92 Å². The molecule has 156 valence electrons. The minimum Gasteiger partial charge on any atom is -0.480 e. The average molecular weight is 418 g/mol. The molecule has 6 atom stereocenters. The van der Waals surface area contributed by atoms with Crippen LogP contribution in [0.4, 0.5) is 5.82 Å². The Kier molecular flexibility index (Phi) is 5.38. The predicted octanol–water partition coefficient (Wildman–Crippen LogP) is -0.208. The number of carboxylic acid groups (broad SMARTS) is 1. The Labute approximate surface area is 160 Å². The minimum atomic E-state index is -4.03. The van der Waals surface area contributed by atoms with Crippen LogP contribution in [0.3, 0.4) is 0 Å². The van der Waals surface area contributed by atoms with E-state index in [1.165, 1.54) is 26.1 Å². The molecular weight excluding hydrogens is 395 g/mol. The first kappa shape index (κ1) is 20.9.